The number of nitrogens with one attached hydrogen (secondary N) is 1. The Morgan fingerprint density at radius 1 is 1.26 bits per heavy atom. The second-order valence-electron chi connectivity index (χ2n) is 5.18. The molecule has 1 heterocycles. The first-order valence-electron chi connectivity index (χ1n) is 6.87. The molecule has 0 unspecified atom stereocenters. The normalized spacial score (nSPS) is 12.1. The summed E-state index contributed by atoms with van der Waals surface area (Å²) in [5.41, 5.74) is 1.01. The van der Waals surface area contributed by atoms with Gasteiger partial charge in [0, 0.05) is 11.5 Å². The van der Waals surface area contributed by atoms with E-state index in [4.69, 9.17) is 0 Å². The van der Waals surface area contributed by atoms with E-state index in [-0.39, 0.29) is 5.13 Å². The fourth-order valence-corrected chi connectivity index (χ4v) is 2.49. The maximum Gasteiger partial charge on any atom is 0.434 e. The molecule has 2 rings (SSSR count). The lowest BCUT2D eigenvalue weighted by atomic mass is 10.0. The van der Waals surface area contributed by atoms with Crippen LogP contribution in [0.25, 0.3) is 6.08 Å². The van der Waals surface area contributed by atoms with Crippen molar-refractivity contribution in [2.75, 3.05) is 5.32 Å². The minimum atomic E-state index is -4.51. The van der Waals surface area contributed by atoms with Gasteiger partial charge in [-0.05, 0) is 23.1 Å². The van der Waals surface area contributed by atoms with Gasteiger partial charge < -0.3 is 0 Å². The Balaban J connectivity index is 1.97. The van der Waals surface area contributed by atoms with Crippen molar-refractivity contribution in [3.05, 3.63) is 52.5 Å². The van der Waals surface area contributed by atoms with Crippen LogP contribution < -0.4 is 5.32 Å². The van der Waals surface area contributed by atoms with Crippen molar-refractivity contribution in [2.45, 2.75) is 25.9 Å². The van der Waals surface area contributed by atoms with Crippen LogP contribution in [0.1, 0.15) is 36.6 Å². The first-order valence-corrected chi connectivity index (χ1v) is 7.75. The van der Waals surface area contributed by atoms with Crippen LogP contribution in [0.5, 0.6) is 0 Å². The number of anilines is 1. The highest BCUT2D eigenvalue weighted by Gasteiger charge is 2.33. The molecule has 0 fully saturated rings. The fraction of sp³-hybridized carbons (Fsp3) is 0.250. The fourth-order valence-electron chi connectivity index (χ4n) is 1.77. The van der Waals surface area contributed by atoms with Gasteiger partial charge in [-0.3, -0.25) is 10.1 Å². The molecule has 1 amide bonds. The third-order valence-electron chi connectivity index (χ3n) is 3.06. The van der Waals surface area contributed by atoms with E-state index in [1.165, 1.54) is 11.6 Å². The number of benzene rings is 1. The van der Waals surface area contributed by atoms with E-state index in [0.29, 0.717) is 5.92 Å². The van der Waals surface area contributed by atoms with Crippen molar-refractivity contribution in [3.8, 4) is 0 Å². The molecule has 0 aliphatic carbocycles. The minimum absolute atomic E-state index is 0.0814. The Morgan fingerprint density at radius 3 is 2.43 bits per heavy atom. The highest BCUT2D eigenvalue weighted by atomic mass is 32.1. The van der Waals surface area contributed by atoms with E-state index < -0.39 is 17.8 Å². The first-order chi connectivity index (χ1) is 10.8. The second-order valence-corrected chi connectivity index (χ2v) is 6.04. The summed E-state index contributed by atoms with van der Waals surface area (Å²) in [7, 11) is 0. The quantitative estimate of drug-likeness (QED) is 0.801. The summed E-state index contributed by atoms with van der Waals surface area (Å²) in [5, 5.41) is 3.10. The second kappa shape index (κ2) is 6.95. The number of hydrogen-bond acceptors (Lipinski definition) is 3. The highest BCUT2D eigenvalue weighted by molar-refractivity contribution is 7.14. The Morgan fingerprint density at radius 2 is 1.91 bits per heavy atom. The van der Waals surface area contributed by atoms with E-state index in [1.54, 1.807) is 6.08 Å². The maximum atomic E-state index is 12.4. The average Bonchev–Trinajstić information content (AvgIpc) is 2.94. The van der Waals surface area contributed by atoms with Gasteiger partial charge in [-0.1, -0.05) is 38.1 Å². The largest absolute Gasteiger partial charge is 0.434 e. The third kappa shape index (κ3) is 4.92. The van der Waals surface area contributed by atoms with Gasteiger partial charge in [0.2, 0.25) is 5.91 Å². The molecule has 0 aliphatic heterocycles. The SMILES string of the molecule is CC(C)c1ccc(/C=C/C(=O)Nc2nc(C(F)(F)F)cs2)cc1. The molecule has 7 heteroatoms. The zero-order valence-corrected chi connectivity index (χ0v) is 13.3. The molecule has 1 aromatic carbocycles. The number of hydrogen-bond donors (Lipinski definition) is 1. The van der Waals surface area contributed by atoms with Crippen LogP contribution in [0.4, 0.5) is 18.3 Å². The summed E-state index contributed by atoms with van der Waals surface area (Å²) in [6, 6.07) is 7.70. The Labute approximate surface area is 135 Å². The van der Waals surface area contributed by atoms with Gasteiger partial charge in [0.15, 0.2) is 10.8 Å². The minimum Gasteiger partial charge on any atom is -0.298 e. The van der Waals surface area contributed by atoms with Gasteiger partial charge in [-0.15, -0.1) is 11.3 Å². The number of alkyl halides is 3. The number of aromatic nitrogens is 1. The molecule has 122 valence electrons. The van der Waals surface area contributed by atoms with Gasteiger partial charge >= 0.3 is 6.18 Å². The van der Waals surface area contributed by atoms with Crippen LogP contribution in [0.3, 0.4) is 0 Å². The van der Waals surface area contributed by atoms with Crippen LogP contribution in [0, 0.1) is 0 Å². The van der Waals surface area contributed by atoms with E-state index in [0.717, 1.165) is 22.3 Å². The Hall–Kier alpha value is -2.15. The number of carbonyl (C=O) groups excluding carboxylic acids is 1. The summed E-state index contributed by atoms with van der Waals surface area (Å²) >= 11 is 0.735. The van der Waals surface area contributed by atoms with Gasteiger partial charge in [0.1, 0.15) is 0 Å². The smallest absolute Gasteiger partial charge is 0.298 e. The van der Waals surface area contributed by atoms with Crippen LogP contribution in [0.2, 0.25) is 0 Å². The molecular weight excluding hydrogens is 325 g/mol. The molecular formula is C16H15F3N2OS. The first kappa shape index (κ1) is 17.2. The molecule has 0 radical (unpaired) electrons. The lowest BCUT2D eigenvalue weighted by Crippen LogP contribution is -2.09. The zero-order chi connectivity index (χ0) is 17.0. The zero-order valence-electron chi connectivity index (χ0n) is 12.5. The van der Waals surface area contributed by atoms with E-state index in [2.05, 4.69) is 24.1 Å². The number of amides is 1. The number of thiazole rings is 1. The lowest BCUT2D eigenvalue weighted by Gasteiger charge is -2.04. The predicted molar refractivity (Wildman–Crippen MR) is 85.3 cm³/mol. The molecule has 23 heavy (non-hydrogen) atoms. The van der Waals surface area contributed by atoms with E-state index in [9.17, 15) is 18.0 Å². The Kier molecular flexibility index (Phi) is 5.20. The summed E-state index contributed by atoms with van der Waals surface area (Å²) in [4.78, 5) is 15.0. The van der Waals surface area contributed by atoms with Gasteiger partial charge in [-0.25, -0.2) is 4.98 Å². The molecule has 2 aromatic rings. The monoisotopic (exact) mass is 340 g/mol. The van der Waals surface area contributed by atoms with Gasteiger partial charge in [-0.2, -0.15) is 13.2 Å². The van der Waals surface area contributed by atoms with E-state index in [1.807, 2.05) is 24.3 Å². The average molecular weight is 340 g/mol. The molecule has 0 bridgehead atoms. The van der Waals surface area contributed by atoms with Crippen molar-refractivity contribution in [2.24, 2.45) is 0 Å². The Bertz CT molecular complexity index is 703. The lowest BCUT2D eigenvalue weighted by molar-refractivity contribution is -0.140. The molecule has 0 spiro atoms. The summed E-state index contributed by atoms with van der Waals surface area (Å²) in [6.07, 6.45) is -1.65. The molecule has 1 aromatic heterocycles. The third-order valence-corrected chi connectivity index (χ3v) is 3.81. The summed E-state index contributed by atoms with van der Waals surface area (Å²) in [5.74, 6) is -0.106. The van der Waals surface area contributed by atoms with Crippen LogP contribution in [-0.2, 0) is 11.0 Å². The topological polar surface area (TPSA) is 42.0 Å². The standard InChI is InChI=1S/C16H15F3N2OS/c1-10(2)12-6-3-11(4-7-12)5-8-14(22)21-15-20-13(9-23-15)16(17,18)19/h3-10H,1-2H3,(H,20,21,22)/b8-5+. The van der Waals surface area contributed by atoms with Crippen LogP contribution >= 0.6 is 11.3 Å². The highest BCUT2D eigenvalue weighted by Crippen LogP contribution is 2.31. The molecule has 0 saturated heterocycles. The number of halogens is 3. The van der Waals surface area contributed by atoms with Gasteiger partial charge in [0.05, 0.1) is 0 Å². The van der Waals surface area contributed by atoms with Crippen molar-refractivity contribution in [3.63, 3.8) is 0 Å². The molecule has 0 saturated carbocycles. The number of carbonyl (C=O) groups is 1. The molecule has 1 N–H and O–H groups in total. The number of nitrogens with zero attached hydrogens (tertiary/aromatic N) is 1. The van der Waals surface area contributed by atoms with Crippen molar-refractivity contribution >= 4 is 28.5 Å². The number of rotatable bonds is 4. The summed E-state index contributed by atoms with van der Waals surface area (Å²) < 4.78 is 37.2. The van der Waals surface area contributed by atoms with Crippen molar-refractivity contribution in [1.29, 1.82) is 0 Å². The van der Waals surface area contributed by atoms with E-state index >= 15 is 0 Å². The van der Waals surface area contributed by atoms with Crippen molar-refractivity contribution in [1.82, 2.24) is 4.98 Å². The maximum absolute atomic E-state index is 12.4. The molecule has 3 nitrogen and oxygen atoms in total. The van der Waals surface area contributed by atoms with Crippen LogP contribution in [-0.4, -0.2) is 10.9 Å². The molecule has 0 aliphatic rings. The molecule has 0 atom stereocenters. The summed E-state index contributed by atoms with van der Waals surface area (Å²) in [6.45, 7) is 4.17. The van der Waals surface area contributed by atoms with Crippen LogP contribution in [0.15, 0.2) is 35.7 Å². The van der Waals surface area contributed by atoms with Gasteiger partial charge in [0.25, 0.3) is 0 Å². The predicted octanol–water partition coefficient (Wildman–Crippen LogP) is 4.94. The van der Waals surface area contributed by atoms with Crippen molar-refractivity contribution < 1.29 is 18.0 Å².